The van der Waals surface area contributed by atoms with Crippen molar-refractivity contribution in [3.8, 4) is 11.5 Å². The lowest BCUT2D eigenvalue weighted by atomic mass is 10.1. The summed E-state index contributed by atoms with van der Waals surface area (Å²) in [4.78, 5) is 11.9. The summed E-state index contributed by atoms with van der Waals surface area (Å²) in [5, 5.41) is 6.18. The van der Waals surface area contributed by atoms with Gasteiger partial charge in [-0.25, -0.2) is 0 Å². The average molecular weight is 360 g/mol. The summed E-state index contributed by atoms with van der Waals surface area (Å²) in [7, 11) is 0. The monoisotopic (exact) mass is 360 g/mol. The van der Waals surface area contributed by atoms with Crippen LogP contribution in [-0.2, 0) is 17.9 Å². The fourth-order valence-electron chi connectivity index (χ4n) is 2.39. The number of carbonyl (C=O) groups is 1. The standard InChI is InChI=1S/C20H28N2O4/c1-5-24-18-11-15(12-21-13-16-7-6-10-25-16)8-9-17(18)26-14-19(23)22-20(2,3)4/h6-11,21H,5,12-14H2,1-4H3,(H,22,23). The summed E-state index contributed by atoms with van der Waals surface area (Å²) in [6.07, 6.45) is 1.66. The van der Waals surface area contributed by atoms with Crippen LogP contribution in [0.25, 0.3) is 0 Å². The molecule has 26 heavy (non-hydrogen) atoms. The van der Waals surface area contributed by atoms with Crippen LogP contribution in [0.15, 0.2) is 41.0 Å². The van der Waals surface area contributed by atoms with E-state index in [1.165, 1.54) is 0 Å². The second-order valence-electron chi connectivity index (χ2n) is 6.98. The molecule has 0 spiro atoms. The van der Waals surface area contributed by atoms with Crippen LogP contribution in [0.5, 0.6) is 11.5 Å². The lowest BCUT2D eigenvalue weighted by Gasteiger charge is -2.21. The van der Waals surface area contributed by atoms with Gasteiger partial charge in [-0.15, -0.1) is 0 Å². The smallest absolute Gasteiger partial charge is 0.258 e. The first-order valence-electron chi connectivity index (χ1n) is 8.80. The summed E-state index contributed by atoms with van der Waals surface area (Å²) in [5.41, 5.74) is 0.777. The maximum Gasteiger partial charge on any atom is 0.258 e. The van der Waals surface area contributed by atoms with E-state index >= 15 is 0 Å². The van der Waals surface area contributed by atoms with Gasteiger partial charge in [-0.2, -0.15) is 0 Å². The van der Waals surface area contributed by atoms with E-state index in [2.05, 4.69) is 10.6 Å². The zero-order valence-electron chi connectivity index (χ0n) is 15.9. The number of hydrogen-bond acceptors (Lipinski definition) is 5. The molecule has 0 saturated carbocycles. The number of benzene rings is 1. The zero-order chi connectivity index (χ0) is 19.0. The van der Waals surface area contributed by atoms with E-state index in [0.717, 1.165) is 11.3 Å². The topological polar surface area (TPSA) is 72.7 Å². The molecule has 1 aromatic heterocycles. The predicted molar refractivity (Wildman–Crippen MR) is 100 cm³/mol. The SMILES string of the molecule is CCOc1cc(CNCc2ccco2)ccc1OCC(=O)NC(C)(C)C. The Kier molecular flexibility index (Phi) is 7.09. The summed E-state index contributed by atoms with van der Waals surface area (Å²) in [6.45, 7) is 9.51. The molecule has 142 valence electrons. The minimum Gasteiger partial charge on any atom is -0.490 e. The molecular formula is C20H28N2O4. The van der Waals surface area contributed by atoms with Crippen LogP contribution in [0.2, 0.25) is 0 Å². The van der Waals surface area contributed by atoms with Crippen LogP contribution in [-0.4, -0.2) is 24.7 Å². The van der Waals surface area contributed by atoms with Crippen LogP contribution in [0.1, 0.15) is 39.0 Å². The van der Waals surface area contributed by atoms with Gasteiger partial charge < -0.3 is 24.5 Å². The first kappa shape index (κ1) is 19.8. The quantitative estimate of drug-likeness (QED) is 0.718. The maximum atomic E-state index is 11.9. The molecular weight excluding hydrogens is 332 g/mol. The number of rotatable bonds is 9. The third kappa shape index (κ3) is 6.80. The van der Waals surface area contributed by atoms with E-state index in [-0.39, 0.29) is 18.1 Å². The van der Waals surface area contributed by atoms with Crippen molar-refractivity contribution >= 4 is 5.91 Å². The lowest BCUT2D eigenvalue weighted by molar-refractivity contribution is -0.124. The molecule has 6 nitrogen and oxygen atoms in total. The van der Waals surface area contributed by atoms with Gasteiger partial charge in [0.1, 0.15) is 5.76 Å². The van der Waals surface area contributed by atoms with Crippen LogP contribution in [0.3, 0.4) is 0 Å². The third-order valence-electron chi connectivity index (χ3n) is 3.39. The van der Waals surface area contributed by atoms with Crippen molar-refractivity contribution in [2.75, 3.05) is 13.2 Å². The van der Waals surface area contributed by atoms with Gasteiger partial charge in [0.15, 0.2) is 18.1 Å². The van der Waals surface area contributed by atoms with Crippen LogP contribution < -0.4 is 20.1 Å². The van der Waals surface area contributed by atoms with Crippen molar-refractivity contribution in [2.24, 2.45) is 0 Å². The highest BCUT2D eigenvalue weighted by molar-refractivity contribution is 5.78. The molecule has 0 aliphatic carbocycles. The third-order valence-corrected chi connectivity index (χ3v) is 3.39. The van der Waals surface area contributed by atoms with E-state index in [0.29, 0.717) is 31.2 Å². The Morgan fingerprint density at radius 1 is 1.12 bits per heavy atom. The number of carbonyl (C=O) groups excluding carboxylic acids is 1. The number of hydrogen-bond donors (Lipinski definition) is 2. The van der Waals surface area contributed by atoms with Crippen LogP contribution in [0.4, 0.5) is 0 Å². The van der Waals surface area contributed by atoms with Gasteiger partial charge in [0.05, 0.1) is 19.4 Å². The van der Waals surface area contributed by atoms with Crippen molar-refractivity contribution in [3.05, 3.63) is 47.9 Å². The second-order valence-corrected chi connectivity index (χ2v) is 6.98. The highest BCUT2D eigenvalue weighted by Gasteiger charge is 2.15. The molecule has 0 fully saturated rings. The van der Waals surface area contributed by atoms with Crippen LogP contribution in [0, 0.1) is 0 Å². The first-order chi connectivity index (χ1) is 12.4. The Morgan fingerprint density at radius 2 is 1.92 bits per heavy atom. The average Bonchev–Trinajstić information content (AvgIpc) is 3.06. The Balaban J connectivity index is 1.93. The molecule has 6 heteroatoms. The number of nitrogens with one attached hydrogen (secondary N) is 2. The molecule has 0 unspecified atom stereocenters. The van der Waals surface area contributed by atoms with Crippen molar-refractivity contribution in [1.29, 1.82) is 0 Å². The van der Waals surface area contributed by atoms with Gasteiger partial charge in [-0.05, 0) is 57.5 Å². The lowest BCUT2D eigenvalue weighted by Crippen LogP contribution is -2.43. The molecule has 2 rings (SSSR count). The normalized spacial score (nSPS) is 11.2. The molecule has 2 N–H and O–H groups in total. The Hall–Kier alpha value is -2.47. The van der Waals surface area contributed by atoms with Crippen molar-refractivity contribution in [3.63, 3.8) is 0 Å². The minimum absolute atomic E-state index is 0.0482. The predicted octanol–water partition coefficient (Wildman–Crippen LogP) is 3.26. The molecule has 0 aliphatic rings. The first-order valence-corrected chi connectivity index (χ1v) is 8.80. The van der Waals surface area contributed by atoms with Crippen molar-refractivity contribution in [1.82, 2.24) is 10.6 Å². The zero-order valence-corrected chi connectivity index (χ0v) is 15.9. The molecule has 0 saturated heterocycles. The summed E-state index contributed by atoms with van der Waals surface area (Å²) in [6, 6.07) is 9.51. The van der Waals surface area contributed by atoms with Gasteiger partial charge in [0, 0.05) is 12.1 Å². The highest BCUT2D eigenvalue weighted by Crippen LogP contribution is 2.28. The fraction of sp³-hybridized carbons (Fsp3) is 0.450. The Bertz CT molecular complexity index is 690. The summed E-state index contributed by atoms with van der Waals surface area (Å²) < 4.78 is 16.6. The molecule has 0 bridgehead atoms. The Morgan fingerprint density at radius 3 is 2.58 bits per heavy atom. The van der Waals surface area contributed by atoms with Gasteiger partial charge in [-0.1, -0.05) is 6.07 Å². The number of furan rings is 1. The van der Waals surface area contributed by atoms with E-state index in [1.807, 2.05) is 58.0 Å². The number of ether oxygens (including phenoxy) is 2. The molecule has 1 amide bonds. The summed E-state index contributed by atoms with van der Waals surface area (Å²) >= 11 is 0. The van der Waals surface area contributed by atoms with Crippen LogP contribution >= 0.6 is 0 Å². The van der Waals surface area contributed by atoms with Crippen molar-refractivity contribution < 1.29 is 18.7 Å². The van der Waals surface area contributed by atoms with Crippen molar-refractivity contribution in [2.45, 2.75) is 46.3 Å². The van der Waals surface area contributed by atoms with E-state index in [4.69, 9.17) is 13.9 Å². The largest absolute Gasteiger partial charge is 0.490 e. The molecule has 2 aromatic rings. The van der Waals surface area contributed by atoms with Gasteiger partial charge >= 0.3 is 0 Å². The molecule has 0 aliphatic heterocycles. The Labute approximate surface area is 154 Å². The molecule has 0 radical (unpaired) electrons. The maximum absolute atomic E-state index is 11.9. The van der Waals surface area contributed by atoms with E-state index in [1.54, 1.807) is 6.26 Å². The summed E-state index contributed by atoms with van der Waals surface area (Å²) in [5.74, 6) is 1.92. The fourth-order valence-corrected chi connectivity index (χ4v) is 2.39. The minimum atomic E-state index is -0.285. The van der Waals surface area contributed by atoms with Gasteiger partial charge in [0.2, 0.25) is 0 Å². The second kappa shape index (κ2) is 9.29. The van der Waals surface area contributed by atoms with E-state index < -0.39 is 0 Å². The highest BCUT2D eigenvalue weighted by atomic mass is 16.5. The van der Waals surface area contributed by atoms with Gasteiger partial charge in [0.25, 0.3) is 5.91 Å². The van der Waals surface area contributed by atoms with Gasteiger partial charge in [-0.3, -0.25) is 4.79 Å². The molecule has 0 atom stereocenters. The number of amides is 1. The molecule has 1 heterocycles. The van der Waals surface area contributed by atoms with E-state index in [9.17, 15) is 4.79 Å². The molecule has 1 aromatic carbocycles.